The maximum absolute atomic E-state index is 13.4. The molecule has 1 saturated heterocycles. The van der Waals surface area contributed by atoms with Crippen LogP contribution in [0.3, 0.4) is 0 Å². The summed E-state index contributed by atoms with van der Waals surface area (Å²) in [4.78, 5) is 0. The van der Waals surface area contributed by atoms with E-state index in [1.165, 1.54) is 6.07 Å². The first-order valence-corrected chi connectivity index (χ1v) is 6.89. The first-order chi connectivity index (χ1) is 9.81. The lowest BCUT2D eigenvalue weighted by atomic mass is 10.1. The van der Waals surface area contributed by atoms with Gasteiger partial charge in [0.15, 0.2) is 0 Å². The van der Waals surface area contributed by atoms with E-state index in [2.05, 4.69) is 5.32 Å². The van der Waals surface area contributed by atoms with Crippen LogP contribution in [-0.2, 0) is 9.47 Å². The van der Waals surface area contributed by atoms with E-state index in [0.717, 1.165) is 32.7 Å². The summed E-state index contributed by atoms with van der Waals surface area (Å²) in [5, 5.41) is 12.0. The summed E-state index contributed by atoms with van der Waals surface area (Å²) in [7, 11) is 0. The average molecular weight is 278 g/mol. The maximum atomic E-state index is 13.4. The van der Waals surface area contributed by atoms with Crippen LogP contribution in [0.15, 0.2) is 18.2 Å². The van der Waals surface area contributed by atoms with Gasteiger partial charge in [0.05, 0.1) is 18.9 Å². The molecule has 1 aromatic carbocycles. The topological polar surface area (TPSA) is 54.3 Å². The second kappa shape index (κ2) is 7.83. The molecule has 0 amide bonds. The second-order valence-corrected chi connectivity index (χ2v) is 4.86. The third kappa shape index (κ3) is 4.19. The highest BCUT2D eigenvalue weighted by Gasteiger charge is 2.15. The minimum absolute atomic E-state index is 0.0662. The van der Waals surface area contributed by atoms with Crippen molar-refractivity contribution in [2.45, 2.75) is 12.8 Å². The van der Waals surface area contributed by atoms with Crippen molar-refractivity contribution in [1.82, 2.24) is 0 Å². The van der Waals surface area contributed by atoms with Crippen LogP contribution in [0.25, 0.3) is 0 Å². The first kappa shape index (κ1) is 14.8. The summed E-state index contributed by atoms with van der Waals surface area (Å²) in [6, 6.07) is 6.46. The Kier molecular flexibility index (Phi) is 5.78. The van der Waals surface area contributed by atoms with E-state index in [9.17, 15) is 4.39 Å². The molecule has 2 rings (SSSR count). The van der Waals surface area contributed by atoms with Crippen LogP contribution in [0.1, 0.15) is 18.4 Å². The van der Waals surface area contributed by atoms with Gasteiger partial charge in [-0.25, -0.2) is 4.39 Å². The van der Waals surface area contributed by atoms with Gasteiger partial charge in [0.1, 0.15) is 17.4 Å². The molecule has 1 N–H and O–H groups in total. The smallest absolute Gasteiger partial charge is 0.143 e. The van der Waals surface area contributed by atoms with Gasteiger partial charge < -0.3 is 14.8 Å². The molecule has 20 heavy (non-hydrogen) atoms. The zero-order chi connectivity index (χ0) is 14.2. The number of hydrogen-bond acceptors (Lipinski definition) is 4. The van der Waals surface area contributed by atoms with Crippen molar-refractivity contribution in [2.75, 3.05) is 38.3 Å². The van der Waals surface area contributed by atoms with Gasteiger partial charge in [-0.3, -0.25) is 0 Å². The molecule has 0 aromatic heterocycles. The third-order valence-corrected chi connectivity index (χ3v) is 3.28. The molecule has 4 nitrogen and oxygen atoms in total. The number of halogens is 1. The minimum Gasteiger partial charge on any atom is -0.384 e. The molecule has 1 aliphatic heterocycles. The molecule has 0 unspecified atom stereocenters. The predicted molar refractivity (Wildman–Crippen MR) is 74.0 cm³/mol. The fraction of sp³-hybridized carbons (Fsp3) is 0.533. The Morgan fingerprint density at radius 2 is 2.40 bits per heavy atom. The van der Waals surface area contributed by atoms with E-state index < -0.39 is 5.82 Å². The zero-order valence-corrected chi connectivity index (χ0v) is 11.4. The first-order valence-electron chi connectivity index (χ1n) is 6.89. The van der Waals surface area contributed by atoms with Crippen molar-refractivity contribution in [3.8, 4) is 6.07 Å². The normalized spacial score (nSPS) is 17.9. The quantitative estimate of drug-likeness (QED) is 0.779. The molecule has 0 aliphatic carbocycles. The molecule has 1 atom stereocenters. The largest absolute Gasteiger partial charge is 0.384 e. The Morgan fingerprint density at radius 1 is 1.50 bits per heavy atom. The molecular weight excluding hydrogens is 259 g/mol. The third-order valence-electron chi connectivity index (χ3n) is 3.28. The van der Waals surface area contributed by atoms with Crippen LogP contribution in [0.4, 0.5) is 10.1 Å². The summed E-state index contributed by atoms with van der Waals surface area (Å²) < 4.78 is 24.2. The molecule has 108 valence electrons. The number of nitriles is 1. The lowest BCUT2D eigenvalue weighted by Gasteiger charge is -2.10. The SMILES string of the molecule is N#Cc1c(F)cccc1NCCCOC[C@H]1CCOC1. The molecule has 5 heteroatoms. The summed E-state index contributed by atoms with van der Waals surface area (Å²) in [5.74, 6) is 0.0337. The van der Waals surface area contributed by atoms with Crippen LogP contribution in [0.5, 0.6) is 0 Å². The number of rotatable bonds is 7. The number of ether oxygens (including phenoxy) is 2. The highest BCUT2D eigenvalue weighted by molar-refractivity contribution is 5.57. The number of hydrogen-bond donors (Lipinski definition) is 1. The zero-order valence-electron chi connectivity index (χ0n) is 11.4. The van der Waals surface area contributed by atoms with Gasteiger partial charge in [-0.15, -0.1) is 0 Å². The Hall–Kier alpha value is -1.64. The molecular formula is C15H19FN2O2. The van der Waals surface area contributed by atoms with Gasteiger partial charge in [0, 0.05) is 25.7 Å². The number of nitrogens with one attached hydrogen (secondary N) is 1. The monoisotopic (exact) mass is 278 g/mol. The molecule has 1 aliphatic rings. The van der Waals surface area contributed by atoms with E-state index in [0.29, 0.717) is 24.8 Å². The van der Waals surface area contributed by atoms with Crippen LogP contribution in [0, 0.1) is 23.1 Å². The van der Waals surface area contributed by atoms with Crippen molar-refractivity contribution in [3.05, 3.63) is 29.6 Å². The Morgan fingerprint density at radius 3 is 3.15 bits per heavy atom. The fourth-order valence-electron chi connectivity index (χ4n) is 2.15. The van der Waals surface area contributed by atoms with Crippen LogP contribution < -0.4 is 5.32 Å². The molecule has 0 spiro atoms. The van der Waals surface area contributed by atoms with E-state index in [1.807, 2.05) is 6.07 Å². The lowest BCUT2D eigenvalue weighted by Crippen LogP contribution is -2.12. The molecule has 1 aromatic rings. The summed E-state index contributed by atoms with van der Waals surface area (Å²) in [6.07, 6.45) is 1.89. The van der Waals surface area contributed by atoms with Gasteiger partial charge in [0.25, 0.3) is 0 Å². The molecule has 0 saturated carbocycles. The molecule has 0 bridgehead atoms. The van der Waals surface area contributed by atoms with Gasteiger partial charge >= 0.3 is 0 Å². The van der Waals surface area contributed by atoms with E-state index >= 15 is 0 Å². The summed E-state index contributed by atoms with van der Waals surface area (Å²) in [6.45, 7) is 3.68. The highest BCUT2D eigenvalue weighted by Crippen LogP contribution is 2.17. The second-order valence-electron chi connectivity index (χ2n) is 4.86. The molecule has 0 radical (unpaired) electrons. The lowest BCUT2D eigenvalue weighted by molar-refractivity contribution is 0.0897. The van der Waals surface area contributed by atoms with Crippen molar-refractivity contribution in [3.63, 3.8) is 0 Å². The van der Waals surface area contributed by atoms with Crippen LogP contribution in [0.2, 0.25) is 0 Å². The van der Waals surface area contributed by atoms with Gasteiger partial charge in [-0.05, 0) is 25.0 Å². The number of anilines is 1. The van der Waals surface area contributed by atoms with Crippen LogP contribution >= 0.6 is 0 Å². The van der Waals surface area contributed by atoms with E-state index in [4.69, 9.17) is 14.7 Å². The average Bonchev–Trinajstić information content (AvgIpc) is 2.96. The van der Waals surface area contributed by atoms with Crippen molar-refractivity contribution in [1.29, 1.82) is 5.26 Å². The van der Waals surface area contributed by atoms with Crippen LogP contribution in [-0.4, -0.2) is 33.0 Å². The van der Waals surface area contributed by atoms with Crippen molar-refractivity contribution < 1.29 is 13.9 Å². The van der Waals surface area contributed by atoms with Gasteiger partial charge in [-0.2, -0.15) is 5.26 Å². The number of benzene rings is 1. The number of nitrogens with zero attached hydrogens (tertiary/aromatic N) is 1. The van der Waals surface area contributed by atoms with Crippen molar-refractivity contribution in [2.24, 2.45) is 5.92 Å². The molecule has 1 fully saturated rings. The van der Waals surface area contributed by atoms with Gasteiger partial charge in [0.2, 0.25) is 0 Å². The molecule has 1 heterocycles. The summed E-state index contributed by atoms with van der Waals surface area (Å²) in [5.41, 5.74) is 0.605. The maximum Gasteiger partial charge on any atom is 0.143 e. The standard InChI is InChI=1S/C15H19FN2O2/c16-14-3-1-4-15(13(14)9-17)18-6-2-7-19-10-12-5-8-20-11-12/h1,3-4,12,18H,2,5-8,10-11H2/t12-/m1/s1. The Labute approximate surface area is 118 Å². The van der Waals surface area contributed by atoms with Crippen molar-refractivity contribution >= 4 is 5.69 Å². The Bertz CT molecular complexity index is 467. The van der Waals surface area contributed by atoms with E-state index in [-0.39, 0.29) is 5.56 Å². The van der Waals surface area contributed by atoms with E-state index in [1.54, 1.807) is 12.1 Å². The minimum atomic E-state index is -0.491. The highest BCUT2D eigenvalue weighted by atomic mass is 19.1. The fourth-order valence-corrected chi connectivity index (χ4v) is 2.15. The summed E-state index contributed by atoms with van der Waals surface area (Å²) >= 11 is 0. The van der Waals surface area contributed by atoms with Gasteiger partial charge in [-0.1, -0.05) is 6.07 Å². The predicted octanol–water partition coefficient (Wildman–Crippen LogP) is 2.55. The Balaban J connectivity index is 1.63.